The Labute approximate surface area is 178 Å². The number of aromatic nitrogens is 2. The zero-order valence-electron chi connectivity index (χ0n) is 16.7. The number of pyridine rings is 2. The standard InChI is InChI=1S/C21H18N5O4S/c1-30-17-10-13(11-24-19(17)22)16-9-12-7-8-23-21(27)18(12)20(26-16)25-14-3-5-15(6-4-14)31(2,28)29/h3-11H,1-2H3,(H2,22,24)(H,25,26). The second-order valence-corrected chi connectivity index (χ2v) is 8.82. The van der Waals surface area contributed by atoms with Crippen LogP contribution in [0.5, 0.6) is 5.75 Å². The number of hydrogen-bond acceptors (Lipinski definition) is 8. The predicted octanol–water partition coefficient (Wildman–Crippen LogP) is 2.61. The Bertz CT molecular complexity index is 1320. The number of nitrogen functional groups attached to an aromatic ring is 1. The zero-order chi connectivity index (χ0) is 22.2. The molecular formula is C21H18N5O4S. The highest BCUT2D eigenvalue weighted by atomic mass is 32.2. The molecular weight excluding hydrogens is 418 g/mol. The third-order valence-electron chi connectivity index (χ3n) is 4.65. The second-order valence-electron chi connectivity index (χ2n) is 6.80. The lowest BCUT2D eigenvalue weighted by molar-refractivity contribution is 0.0965. The number of carbonyl (C=O) groups excluding carboxylic acids is 1. The van der Waals surface area contributed by atoms with Gasteiger partial charge in [0.05, 0.1) is 23.3 Å². The summed E-state index contributed by atoms with van der Waals surface area (Å²) in [6.45, 7) is 0. The summed E-state index contributed by atoms with van der Waals surface area (Å²) >= 11 is 0. The molecule has 31 heavy (non-hydrogen) atoms. The van der Waals surface area contributed by atoms with Crippen molar-refractivity contribution < 1.29 is 17.9 Å². The molecule has 0 spiro atoms. The van der Waals surface area contributed by atoms with Crippen LogP contribution in [-0.2, 0) is 9.84 Å². The Hall–Kier alpha value is -3.92. The van der Waals surface area contributed by atoms with Crippen LogP contribution in [0.15, 0.2) is 53.7 Å². The molecule has 0 fully saturated rings. The van der Waals surface area contributed by atoms with Crippen LogP contribution in [0.1, 0.15) is 15.9 Å². The molecule has 1 radical (unpaired) electrons. The Balaban J connectivity index is 1.80. The van der Waals surface area contributed by atoms with Crippen LogP contribution in [0.4, 0.5) is 17.3 Å². The number of fused-ring (bicyclic) bond motifs is 1. The van der Waals surface area contributed by atoms with E-state index in [1.54, 1.807) is 36.5 Å². The summed E-state index contributed by atoms with van der Waals surface area (Å²) in [5, 5.41) is 6.93. The van der Waals surface area contributed by atoms with Crippen LogP contribution in [0.3, 0.4) is 0 Å². The number of nitrogens with one attached hydrogen (secondary N) is 1. The lowest BCUT2D eigenvalue weighted by atomic mass is 10.0. The molecule has 1 amide bonds. The van der Waals surface area contributed by atoms with Crippen LogP contribution < -0.4 is 21.1 Å². The summed E-state index contributed by atoms with van der Waals surface area (Å²) < 4.78 is 28.6. The van der Waals surface area contributed by atoms with Crippen molar-refractivity contribution in [3.63, 3.8) is 0 Å². The molecule has 0 saturated carbocycles. The third kappa shape index (κ3) is 4.05. The average Bonchev–Trinajstić information content (AvgIpc) is 2.73. The maximum atomic E-state index is 12.4. The van der Waals surface area contributed by atoms with Crippen LogP contribution in [0.2, 0.25) is 0 Å². The smallest absolute Gasteiger partial charge is 0.281 e. The Morgan fingerprint density at radius 3 is 2.55 bits per heavy atom. The molecule has 1 aromatic carbocycles. The molecule has 0 bridgehead atoms. The van der Waals surface area contributed by atoms with Gasteiger partial charge >= 0.3 is 0 Å². The average molecular weight is 436 g/mol. The lowest BCUT2D eigenvalue weighted by Crippen LogP contribution is -2.18. The monoisotopic (exact) mass is 436 g/mol. The summed E-state index contributed by atoms with van der Waals surface area (Å²) in [4.78, 5) is 21.4. The number of methoxy groups -OCH3 is 1. The summed E-state index contributed by atoms with van der Waals surface area (Å²) in [5.74, 6) is 0.514. The number of nitrogens with zero attached hydrogens (tertiary/aromatic N) is 3. The van der Waals surface area contributed by atoms with Gasteiger partial charge in [-0.05, 0) is 48.0 Å². The van der Waals surface area contributed by atoms with E-state index in [1.165, 1.54) is 25.4 Å². The number of sulfone groups is 1. The first-order valence-electron chi connectivity index (χ1n) is 9.10. The topological polar surface area (TPSA) is 138 Å². The van der Waals surface area contributed by atoms with Crippen molar-refractivity contribution in [1.82, 2.24) is 15.3 Å². The summed E-state index contributed by atoms with van der Waals surface area (Å²) in [6, 6.07) is 9.63. The molecule has 1 aliphatic rings. The van der Waals surface area contributed by atoms with E-state index < -0.39 is 15.7 Å². The normalized spacial score (nSPS) is 12.8. The van der Waals surface area contributed by atoms with Gasteiger partial charge in [-0.1, -0.05) is 0 Å². The molecule has 0 saturated heterocycles. The van der Waals surface area contributed by atoms with E-state index in [-0.39, 0.29) is 16.5 Å². The molecule has 157 valence electrons. The van der Waals surface area contributed by atoms with E-state index in [0.717, 1.165) is 6.26 Å². The SMILES string of the molecule is COc1cc(-c2cc3c(c(Nc4ccc(S(C)(=O)=O)cc4)n2)C(=O)[N]C=C3)cnc1N. The van der Waals surface area contributed by atoms with Gasteiger partial charge in [-0.2, -0.15) is 0 Å². The van der Waals surface area contributed by atoms with Crippen LogP contribution >= 0.6 is 0 Å². The van der Waals surface area contributed by atoms with E-state index >= 15 is 0 Å². The number of rotatable bonds is 5. The molecule has 9 nitrogen and oxygen atoms in total. The zero-order valence-corrected chi connectivity index (χ0v) is 17.5. The third-order valence-corrected chi connectivity index (χ3v) is 5.78. The Kier molecular flexibility index (Phi) is 5.07. The fourth-order valence-corrected chi connectivity index (χ4v) is 3.72. The highest BCUT2D eigenvalue weighted by Gasteiger charge is 2.23. The number of hydrogen-bond donors (Lipinski definition) is 2. The van der Waals surface area contributed by atoms with E-state index in [2.05, 4.69) is 20.6 Å². The van der Waals surface area contributed by atoms with Crippen molar-refractivity contribution in [1.29, 1.82) is 0 Å². The van der Waals surface area contributed by atoms with E-state index in [0.29, 0.717) is 33.8 Å². The summed E-state index contributed by atoms with van der Waals surface area (Å²) in [7, 11) is -1.83. The van der Waals surface area contributed by atoms with Crippen LogP contribution in [0, 0.1) is 0 Å². The molecule has 2 aromatic heterocycles. The van der Waals surface area contributed by atoms with Crippen LogP contribution in [0.25, 0.3) is 17.3 Å². The minimum absolute atomic E-state index is 0.191. The van der Waals surface area contributed by atoms with Crippen molar-refractivity contribution in [2.24, 2.45) is 0 Å². The number of benzene rings is 1. The number of anilines is 3. The largest absolute Gasteiger partial charge is 0.493 e. The number of nitrogens with two attached hydrogens (primary N) is 1. The molecule has 4 rings (SSSR count). The van der Waals surface area contributed by atoms with Gasteiger partial charge in [-0.15, -0.1) is 0 Å². The molecule has 3 heterocycles. The number of carbonyl (C=O) groups is 1. The van der Waals surface area contributed by atoms with Gasteiger partial charge in [0.25, 0.3) is 5.91 Å². The minimum Gasteiger partial charge on any atom is -0.493 e. The van der Waals surface area contributed by atoms with Gasteiger partial charge in [-0.3, -0.25) is 4.79 Å². The maximum absolute atomic E-state index is 12.4. The van der Waals surface area contributed by atoms with Crippen molar-refractivity contribution in [3.05, 3.63) is 59.9 Å². The molecule has 3 aromatic rings. The highest BCUT2D eigenvalue weighted by molar-refractivity contribution is 7.90. The molecule has 1 aliphatic heterocycles. The predicted molar refractivity (Wildman–Crippen MR) is 117 cm³/mol. The maximum Gasteiger partial charge on any atom is 0.281 e. The van der Waals surface area contributed by atoms with Crippen molar-refractivity contribution in [2.45, 2.75) is 4.90 Å². The molecule has 0 aliphatic carbocycles. The van der Waals surface area contributed by atoms with Crippen LogP contribution in [-0.4, -0.2) is 37.7 Å². The van der Waals surface area contributed by atoms with Gasteiger partial charge in [0.2, 0.25) is 0 Å². The fraction of sp³-hybridized carbons (Fsp3) is 0.0952. The minimum atomic E-state index is -3.32. The Morgan fingerprint density at radius 2 is 1.87 bits per heavy atom. The summed E-state index contributed by atoms with van der Waals surface area (Å²) in [6.07, 6.45) is 5.84. The first kappa shape index (κ1) is 20.4. The second kappa shape index (κ2) is 7.73. The first-order valence-corrected chi connectivity index (χ1v) is 11.0. The van der Waals surface area contributed by atoms with Crippen molar-refractivity contribution >= 4 is 39.1 Å². The molecule has 0 atom stereocenters. The van der Waals surface area contributed by atoms with Crippen molar-refractivity contribution in [2.75, 3.05) is 24.4 Å². The first-order chi connectivity index (χ1) is 14.8. The lowest BCUT2D eigenvalue weighted by Gasteiger charge is -2.17. The summed E-state index contributed by atoms with van der Waals surface area (Å²) in [5.41, 5.74) is 8.50. The van der Waals surface area contributed by atoms with Gasteiger partial charge in [0, 0.05) is 29.9 Å². The quantitative estimate of drug-likeness (QED) is 0.622. The van der Waals surface area contributed by atoms with E-state index in [4.69, 9.17) is 10.5 Å². The highest BCUT2D eigenvalue weighted by Crippen LogP contribution is 2.32. The van der Waals surface area contributed by atoms with Gasteiger partial charge < -0.3 is 15.8 Å². The molecule has 0 unspecified atom stereocenters. The van der Waals surface area contributed by atoms with Gasteiger partial charge in [0.1, 0.15) is 5.82 Å². The molecule has 3 N–H and O–H groups in total. The van der Waals surface area contributed by atoms with E-state index in [9.17, 15) is 13.2 Å². The number of amides is 1. The Morgan fingerprint density at radius 1 is 1.13 bits per heavy atom. The molecule has 10 heteroatoms. The van der Waals surface area contributed by atoms with E-state index in [1.807, 2.05) is 0 Å². The number of ether oxygens (including phenoxy) is 1. The van der Waals surface area contributed by atoms with Gasteiger partial charge in [0.15, 0.2) is 21.4 Å². The fourth-order valence-electron chi connectivity index (χ4n) is 3.09. The van der Waals surface area contributed by atoms with Crippen molar-refractivity contribution in [3.8, 4) is 17.0 Å². The van der Waals surface area contributed by atoms with Gasteiger partial charge in [-0.25, -0.2) is 23.7 Å².